The summed E-state index contributed by atoms with van der Waals surface area (Å²) in [4.78, 5) is 13.7. The van der Waals surface area contributed by atoms with E-state index < -0.39 is 6.04 Å². The summed E-state index contributed by atoms with van der Waals surface area (Å²) in [5, 5.41) is 3.23. The van der Waals surface area contributed by atoms with Crippen LogP contribution in [0.15, 0.2) is 18.2 Å². The van der Waals surface area contributed by atoms with Crippen LogP contribution in [0.2, 0.25) is 0 Å². The molecule has 1 aliphatic heterocycles. The van der Waals surface area contributed by atoms with Gasteiger partial charge < -0.3 is 11.1 Å². The summed E-state index contributed by atoms with van der Waals surface area (Å²) < 4.78 is 13.1. The second-order valence-corrected chi connectivity index (χ2v) is 4.59. The standard InChI is InChI=1S/C13H18FN3O/c1-9-8-10(14)2-3-11(9)12(13(15)18)17-6-4-16-5-7-17/h2-3,8,12,16H,4-7H2,1H3,(H2,15,18). The molecule has 1 aliphatic rings. The van der Waals surface area contributed by atoms with E-state index in [4.69, 9.17) is 5.73 Å². The van der Waals surface area contributed by atoms with E-state index >= 15 is 0 Å². The molecule has 2 rings (SSSR count). The number of benzene rings is 1. The molecule has 1 atom stereocenters. The molecule has 0 aromatic heterocycles. The van der Waals surface area contributed by atoms with Crippen molar-refractivity contribution in [2.24, 2.45) is 5.73 Å². The Morgan fingerprint density at radius 1 is 1.44 bits per heavy atom. The number of amides is 1. The Morgan fingerprint density at radius 2 is 2.11 bits per heavy atom. The van der Waals surface area contributed by atoms with Crippen molar-refractivity contribution in [1.29, 1.82) is 0 Å². The highest BCUT2D eigenvalue weighted by Crippen LogP contribution is 2.24. The number of hydrogen-bond donors (Lipinski definition) is 2. The van der Waals surface area contributed by atoms with Gasteiger partial charge in [0, 0.05) is 26.2 Å². The topological polar surface area (TPSA) is 58.4 Å². The maximum atomic E-state index is 13.1. The molecule has 0 radical (unpaired) electrons. The average Bonchev–Trinajstić information content (AvgIpc) is 2.33. The third kappa shape index (κ3) is 2.68. The van der Waals surface area contributed by atoms with Crippen molar-refractivity contribution < 1.29 is 9.18 Å². The molecule has 1 amide bonds. The van der Waals surface area contributed by atoms with E-state index in [1.165, 1.54) is 12.1 Å². The van der Waals surface area contributed by atoms with Crippen molar-refractivity contribution >= 4 is 5.91 Å². The van der Waals surface area contributed by atoms with Crippen LogP contribution in [0, 0.1) is 12.7 Å². The molecule has 1 aromatic carbocycles. The first kappa shape index (κ1) is 13.0. The lowest BCUT2D eigenvalue weighted by Gasteiger charge is -2.33. The van der Waals surface area contributed by atoms with Crippen LogP contribution in [0.1, 0.15) is 17.2 Å². The molecule has 1 fully saturated rings. The minimum atomic E-state index is -0.465. The summed E-state index contributed by atoms with van der Waals surface area (Å²) in [6.45, 7) is 5.01. The van der Waals surface area contributed by atoms with Gasteiger partial charge in [0.05, 0.1) is 0 Å². The first-order chi connectivity index (χ1) is 8.59. The summed E-state index contributed by atoms with van der Waals surface area (Å²) in [6, 6.07) is 4.00. The third-order valence-electron chi connectivity index (χ3n) is 3.31. The minimum Gasteiger partial charge on any atom is -0.368 e. The molecule has 3 N–H and O–H groups in total. The van der Waals surface area contributed by atoms with Crippen molar-refractivity contribution in [2.45, 2.75) is 13.0 Å². The fourth-order valence-electron chi connectivity index (χ4n) is 2.42. The maximum absolute atomic E-state index is 13.1. The molecular weight excluding hydrogens is 233 g/mol. The zero-order chi connectivity index (χ0) is 13.1. The Hall–Kier alpha value is -1.46. The van der Waals surface area contributed by atoms with Gasteiger partial charge in [0.2, 0.25) is 5.91 Å². The van der Waals surface area contributed by atoms with Crippen LogP contribution < -0.4 is 11.1 Å². The van der Waals surface area contributed by atoms with Gasteiger partial charge >= 0.3 is 0 Å². The number of carbonyl (C=O) groups excluding carboxylic acids is 1. The summed E-state index contributed by atoms with van der Waals surface area (Å²) >= 11 is 0. The van der Waals surface area contributed by atoms with E-state index in [0.717, 1.165) is 37.3 Å². The number of nitrogens with one attached hydrogen (secondary N) is 1. The van der Waals surface area contributed by atoms with Gasteiger partial charge in [-0.25, -0.2) is 4.39 Å². The average molecular weight is 251 g/mol. The zero-order valence-corrected chi connectivity index (χ0v) is 10.4. The van der Waals surface area contributed by atoms with Gasteiger partial charge in [-0.15, -0.1) is 0 Å². The molecule has 98 valence electrons. The monoisotopic (exact) mass is 251 g/mol. The number of halogens is 1. The maximum Gasteiger partial charge on any atom is 0.239 e. The summed E-state index contributed by atoms with van der Waals surface area (Å²) in [7, 11) is 0. The van der Waals surface area contributed by atoms with E-state index in [-0.39, 0.29) is 11.7 Å². The highest BCUT2D eigenvalue weighted by molar-refractivity contribution is 5.81. The van der Waals surface area contributed by atoms with Gasteiger partial charge in [0.15, 0.2) is 0 Å². The fourth-order valence-corrected chi connectivity index (χ4v) is 2.42. The molecule has 1 saturated heterocycles. The van der Waals surface area contributed by atoms with E-state index in [2.05, 4.69) is 5.32 Å². The lowest BCUT2D eigenvalue weighted by molar-refractivity contribution is -0.123. The second kappa shape index (κ2) is 5.46. The van der Waals surface area contributed by atoms with Crippen molar-refractivity contribution in [2.75, 3.05) is 26.2 Å². The number of hydrogen-bond acceptors (Lipinski definition) is 3. The van der Waals surface area contributed by atoms with Crippen LogP contribution in [-0.2, 0) is 4.79 Å². The first-order valence-electron chi connectivity index (χ1n) is 6.09. The van der Waals surface area contributed by atoms with E-state index in [0.29, 0.717) is 0 Å². The normalized spacial score (nSPS) is 18.6. The van der Waals surface area contributed by atoms with Crippen LogP contribution in [0.4, 0.5) is 4.39 Å². The first-order valence-corrected chi connectivity index (χ1v) is 6.09. The van der Waals surface area contributed by atoms with Gasteiger partial charge in [-0.2, -0.15) is 0 Å². The predicted octanol–water partition coefficient (Wildman–Crippen LogP) is 0.566. The third-order valence-corrected chi connectivity index (χ3v) is 3.31. The van der Waals surface area contributed by atoms with Crippen LogP contribution >= 0.6 is 0 Å². The van der Waals surface area contributed by atoms with Crippen molar-refractivity contribution in [3.63, 3.8) is 0 Å². The Labute approximate surface area is 106 Å². The Morgan fingerprint density at radius 3 is 2.67 bits per heavy atom. The Bertz CT molecular complexity index is 444. The summed E-state index contributed by atoms with van der Waals surface area (Å²) in [5.41, 5.74) is 7.07. The van der Waals surface area contributed by atoms with Gasteiger partial charge in [0.1, 0.15) is 11.9 Å². The number of rotatable bonds is 3. The number of piperazine rings is 1. The predicted molar refractivity (Wildman–Crippen MR) is 67.5 cm³/mol. The minimum absolute atomic E-state index is 0.292. The van der Waals surface area contributed by atoms with Crippen molar-refractivity contribution in [1.82, 2.24) is 10.2 Å². The molecular formula is C13H18FN3O. The van der Waals surface area contributed by atoms with Crippen LogP contribution in [0.5, 0.6) is 0 Å². The van der Waals surface area contributed by atoms with Crippen LogP contribution in [0.25, 0.3) is 0 Å². The zero-order valence-electron chi connectivity index (χ0n) is 10.4. The number of nitrogens with zero attached hydrogens (tertiary/aromatic N) is 1. The Balaban J connectivity index is 2.31. The van der Waals surface area contributed by atoms with Gasteiger partial charge in [-0.3, -0.25) is 9.69 Å². The molecule has 0 bridgehead atoms. The molecule has 0 aliphatic carbocycles. The largest absolute Gasteiger partial charge is 0.368 e. The lowest BCUT2D eigenvalue weighted by Crippen LogP contribution is -2.48. The van der Waals surface area contributed by atoms with Gasteiger partial charge in [0.25, 0.3) is 0 Å². The van der Waals surface area contributed by atoms with E-state index in [1.807, 2.05) is 4.90 Å². The smallest absolute Gasteiger partial charge is 0.239 e. The molecule has 0 saturated carbocycles. The van der Waals surface area contributed by atoms with E-state index in [1.54, 1.807) is 13.0 Å². The number of primary amides is 1. The number of nitrogens with two attached hydrogens (primary N) is 1. The van der Waals surface area contributed by atoms with E-state index in [9.17, 15) is 9.18 Å². The number of aryl methyl sites for hydroxylation is 1. The van der Waals surface area contributed by atoms with Gasteiger partial charge in [-0.05, 0) is 30.2 Å². The van der Waals surface area contributed by atoms with Crippen LogP contribution in [0.3, 0.4) is 0 Å². The second-order valence-electron chi connectivity index (χ2n) is 4.59. The molecule has 0 spiro atoms. The summed E-state index contributed by atoms with van der Waals surface area (Å²) in [6.07, 6.45) is 0. The summed E-state index contributed by atoms with van der Waals surface area (Å²) in [5.74, 6) is -0.675. The highest BCUT2D eigenvalue weighted by atomic mass is 19.1. The van der Waals surface area contributed by atoms with Gasteiger partial charge in [-0.1, -0.05) is 6.07 Å². The molecule has 1 aromatic rings. The molecule has 18 heavy (non-hydrogen) atoms. The van der Waals surface area contributed by atoms with Crippen molar-refractivity contribution in [3.8, 4) is 0 Å². The lowest BCUT2D eigenvalue weighted by atomic mass is 9.98. The molecule has 1 unspecified atom stereocenters. The molecule has 1 heterocycles. The number of carbonyl (C=O) groups is 1. The molecule has 4 nitrogen and oxygen atoms in total. The quantitative estimate of drug-likeness (QED) is 0.825. The van der Waals surface area contributed by atoms with Crippen molar-refractivity contribution in [3.05, 3.63) is 35.1 Å². The SMILES string of the molecule is Cc1cc(F)ccc1C(C(N)=O)N1CCNCC1. The fraction of sp³-hybridized carbons (Fsp3) is 0.462. The Kier molecular flexibility index (Phi) is 3.93. The highest BCUT2D eigenvalue weighted by Gasteiger charge is 2.27. The molecule has 5 heteroatoms. The van der Waals surface area contributed by atoms with Crippen LogP contribution in [-0.4, -0.2) is 37.0 Å².